The highest BCUT2D eigenvalue weighted by atomic mass is 32.2. The van der Waals surface area contributed by atoms with Crippen molar-refractivity contribution in [2.45, 2.75) is 24.9 Å². The summed E-state index contributed by atoms with van der Waals surface area (Å²) in [4.78, 5) is 17.8. The fourth-order valence-corrected chi connectivity index (χ4v) is 3.56. The van der Waals surface area contributed by atoms with Crippen LogP contribution in [0.1, 0.15) is 19.8 Å². The number of hydrogen-bond donors (Lipinski definition) is 0. The Morgan fingerprint density at radius 2 is 1.96 bits per heavy atom. The second-order valence-corrected chi connectivity index (χ2v) is 6.65. The Kier molecular flexibility index (Phi) is 5.92. The second kappa shape index (κ2) is 8.54. The Hall–Kier alpha value is -2.78. The van der Waals surface area contributed by atoms with Crippen LogP contribution in [0, 0.1) is 11.3 Å². The fraction of sp³-hybridized carbons (Fsp3) is 0.250. The number of nitriles is 1. The number of rotatable bonds is 7. The van der Waals surface area contributed by atoms with Crippen LogP contribution >= 0.6 is 11.8 Å². The van der Waals surface area contributed by atoms with Crippen LogP contribution in [0.4, 0.5) is 0 Å². The number of unbranched alkanes of at least 4 members (excludes halogenated alkanes) is 1. The third kappa shape index (κ3) is 3.89. The average molecular weight is 365 g/mol. The van der Waals surface area contributed by atoms with Gasteiger partial charge >= 0.3 is 0 Å². The van der Waals surface area contributed by atoms with Crippen molar-refractivity contribution in [3.63, 3.8) is 0 Å². The highest BCUT2D eigenvalue weighted by molar-refractivity contribution is 7.99. The van der Waals surface area contributed by atoms with Crippen molar-refractivity contribution >= 4 is 22.7 Å². The van der Waals surface area contributed by atoms with E-state index in [1.807, 2.05) is 49.4 Å². The van der Waals surface area contributed by atoms with Gasteiger partial charge in [0, 0.05) is 12.2 Å². The van der Waals surface area contributed by atoms with Crippen molar-refractivity contribution in [1.82, 2.24) is 9.55 Å². The van der Waals surface area contributed by atoms with Gasteiger partial charge in [-0.2, -0.15) is 5.26 Å². The molecule has 0 fully saturated rings. The van der Waals surface area contributed by atoms with Gasteiger partial charge in [0.2, 0.25) is 0 Å². The maximum atomic E-state index is 13.1. The van der Waals surface area contributed by atoms with Crippen molar-refractivity contribution in [3.05, 3.63) is 58.9 Å². The average Bonchev–Trinajstić information content (AvgIpc) is 2.67. The number of thioether (sulfide) groups is 1. The Morgan fingerprint density at radius 3 is 2.69 bits per heavy atom. The molecule has 0 radical (unpaired) electrons. The predicted octanol–water partition coefficient (Wildman–Crippen LogP) is 4.18. The van der Waals surface area contributed by atoms with Gasteiger partial charge in [-0.3, -0.25) is 9.36 Å². The third-order valence-electron chi connectivity index (χ3n) is 3.81. The number of nitrogens with zero attached hydrogens (tertiary/aromatic N) is 3. The van der Waals surface area contributed by atoms with E-state index >= 15 is 0 Å². The van der Waals surface area contributed by atoms with E-state index < -0.39 is 0 Å². The summed E-state index contributed by atoms with van der Waals surface area (Å²) in [5.41, 5.74) is 1.34. The number of ether oxygens (including phenoxy) is 1. The van der Waals surface area contributed by atoms with Crippen LogP contribution < -0.4 is 10.3 Å². The number of para-hydroxylation sites is 1. The maximum absolute atomic E-state index is 13.1. The van der Waals surface area contributed by atoms with E-state index in [1.54, 1.807) is 10.6 Å². The molecule has 6 heteroatoms. The van der Waals surface area contributed by atoms with Gasteiger partial charge in [0.25, 0.3) is 5.56 Å². The number of fused-ring (bicyclic) bond motifs is 1. The highest BCUT2D eigenvalue weighted by Crippen LogP contribution is 2.23. The molecule has 0 spiro atoms. The molecule has 0 saturated heterocycles. The van der Waals surface area contributed by atoms with E-state index in [-0.39, 0.29) is 5.56 Å². The molecule has 1 heterocycles. The molecule has 2 aromatic carbocycles. The molecule has 0 amide bonds. The van der Waals surface area contributed by atoms with E-state index in [9.17, 15) is 4.79 Å². The Bertz CT molecular complexity index is 991. The van der Waals surface area contributed by atoms with Gasteiger partial charge in [-0.25, -0.2) is 4.98 Å². The van der Waals surface area contributed by atoms with Gasteiger partial charge in [-0.05, 0) is 49.7 Å². The molecule has 0 aliphatic heterocycles. The molecule has 132 valence electrons. The summed E-state index contributed by atoms with van der Waals surface area (Å²) in [5, 5.41) is 9.93. The lowest BCUT2D eigenvalue weighted by Crippen LogP contribution is -2.21. The summed E-state index contributed by atoms with van der Waals surface area (Å²) < 4.78 is 7.11. The molecule has 0 N–H and O–H groups in total. The molecule has 0 saturated carbocycles. The van der Waals surface area contributed by atoms with Gasteiger partial charge in [-0.1, -0.05) is 23.9 Å². The van der Waals surface area contributed by atoms with Crippen LogP contribution in [-0.2, 0) is 0 Å². The molecule has 26 heavy (non-hydrogen) atoms. The van der Waals surface area contributed by atoms with Crippen LogP contribution in [0.3, 0.4) is 0 Å². The molecule has 0 unspecified atom stereocenters. The van der Waals surface area contributed by atoms with Crippen LogP contribution in [0.15, 0.2) is 58.5 Å². The molecule has 0 aliphatic carbocycles. The summed E-state index contributed by atoms with van der Waals surface area (Å²) in [6, 6.07) is 16.9. The zero-order valence-electron chi connectivity index (χ0n) is 14.5. The third-order valence-corrected chi connectivity index (χ3v) is 4.84. The Labute approximate surface area is 156 Å². The lowest BCUT2D eigenvalue weighted by atomic mass is 10.2. The maximum Gasteiger partial charge on any atom is 0.266 e. The fourth-order valence-electron chi connectivity index (χ4n) is 2.61. The lowest BCUT2D eigenvalue weighted by molar-refractivity contribution is 0.340. The van der Waals surface area contributed by atoms with Crippen LogP contribution in [0.2, 0.25) is 0 Å². The quantitative estimate of drug-likeness (QED) is 0.357. The van der Waals surface area contributed by atoms with Gasteiger partial charge in [-0.15, -0.1) is 0 Å². The van der Waals surface area contributed by atoms with Crippen LogP contribution in [-0.4, -0.2) is 21.9 Å². The zero-order valence-corrected chi connectivity index (χ0v) is 15.3. The number of benzene rings is 2. The molecular formula is C20H19N3O2S. The number of aromatic nitrogens is 2. The molecule has 0 atom stereocenters. The van der Waals surface area contributed by atoms with E-state index in [1.165, 1.54) is 11.8 Å². The normalized spacial score (nSPS) is 10.6. The van der Waals surface area contributed by atoms with E-state index in [2.05, 4.69) is 11.1 Å². The van der Waals surface area contributed by atoms with Crippen molar-refractivity contribution in [1.29, 1.82) is 5.26 Å². The first-order valence-corrected chi connectivity index (χ1v) is 9.48. The van der Waals surface area contributed by atoms with Crippen molar-refractivity contribution < 1.29 is 4.74 Å². The predicted molar refractivity (Wildman–Crippen MR) is 104 cm³/mol. The largest absolute Gasteiger partial charge is 0.494 e. The zero-order chi connectivity index (χ0) is 18.4. The van der Waals surface area contributed by atoms with Gasteiger partial charge in [0.05, 0.1) is 29.3 Å². The first-order chi connectivity index (χ1) is 12.7. The summed E-state index contributed by atoms with van der Waals surface area (Å²) in [5.74, 6) is 1.50. The molecule has 1 aromatic heterocycles. The van der Waals surface area contributed by atoms with Gasteiger partial charge in [0.1, 0.15) is 5.75 Å². The number of hydrogen-bond acceptors (Lipinski definition) is 5. The second-order valence-electron chi connectivity index (χ2n) is 5.59. The Balaban J connectivity index is 2.06. The highest BCUT2D eigenvalue weighted by Gasteiger charge is 2.13. The molecule has 0 aliphatic rings. The molecular weight excluding hydrogens is 346 g/mol. The Morgan fingerprint density at radius 1 is 1.19 bits per heavy atom. The van der Waals surface area contributed by atoms with E-state index in [0.717, 1.165) is 23.6 Å². The van der Waals surface area contributed by atoms with Crippen molar-refractivity contribution in [3.8, 4) is 17.5 Å². The summed E-state index contributed by atoms with van der Waals surface area (Å²) in [7, 11) is 0. The molecule has 3 aromatic rings. The monoisotopic (exact) mass is 365 g/mol. The first kappa shape index (κ1) is 18.0. The van der Waals surface area contributed by atoms with E-state index in [0.29, 0.717) is 29.1 Å². The summed E-state index contributed by atoms with van der Waals surface area (Å²) in [6.45, 7) is 2.53. The minimum atomic E-state index is -0.0949. The molecule has 0 bridgehead atoms. The smallest absolute Gasteiger partial charge is 0.266 e. The minimum absolute atomic E-state index is 0.0949. The topological polar surface area (TPSA) is 67.9 Å². The van der Waals surface area contributed by atoms with Crippen LogP contribution in [0.5, 0.6) is 5.75 Å². The van der Waals surface area contributed by atoms with Crippen LogP contribution in [0.25, 0.3) is 16.6 Å². The van der Waals surface area contributed by atoms with Crippen molar-refractivity contribution in [2.75, 3.05) is 12.4 Å². The molecule has 3 rings (SSSR count). The summed E-state index contributed by atoms with van der Waals surface area (Å²) in [6.07, 6.45) is 1.25. The van der Waals surface area contributed by atoms with E-state index in [4.69, 9.17) is 10.00 Å². The standard InChI is InChI=1S/C20H19N3O2S/c1-2-25-16-11-9-15(10-12-16)23-19(24)17-7-3-4-8-18(17)22-20(23)26-14-6-5-13-21/h3-4,7-12H,2,5-6,14H2,1H3. The summed E-state index contributed by atoms with van der Waals surface area (Å²) >= 11 is 1.49. The lowest BCUT2D eigenvalue weighted by Gasteiger charge is -2.13. The first-order valence-electron chi connectivity index (χ1n) is 8.49. The van der Waals surface area contributed by atoms with Gasteiger partial charge < -0.3 is 4.74 Å². The van der Waals surface area contributed by atoms with Gasteiger partial charge in [0.15, 0.2) is 5.16 Å². The SMILES string of the molecule is CCOc1ccc(-n2c(SCCCC#N)nc3ccccc3c2=O)cc1. The minimum Gasteiger partial charge on any atom is -0.494 e. The molecule has 5 nitrogen and oxygen atoms in total. The van der Waals surface area contributed by atoms with Crippen molar-refractivity contribution in [2.24, 2.45) is 0 Å².